The highest BCUT2D eigenvalue weighted by atomic mass is 28.4. The van der Waals surface area contributed by atoms with Gasteiger partial charge < -0.3 is 23.3 Å². The lowest BCUT2D eigenvalue weighted by molar-refractivity contribution is -0.385. The summed E-state index contributed by atoms with van der Waals surface area (Å²) in [6.45, 7) is 0.177. The molecule has 0 spiro atoms. The largest absolute Gasteiger partial charge is 0.500 e. The molecule has 24 heavy (non-hydrogen) atoms. The fraction of sp³-hybridized carbons (Fsp3) is 0.500. The van der Waals surface area contributed by atoms with E-state index in [-0.39, 0.29) is 12.3 Å². The zero-order valence-corrected chi connectivity index (χ0v) is 14.9. The first-order chi connectivity index (χ1) is 11.5. The number of amides is 1. The normalized spacial score (nSPS) is 11.1. The number of nitrogens with zero attached hydrogens (tertiary/aromatic N) is 1. The number of nitro groups is 1. The van der Waals surface area contributed by atoms with Crippen LogP contribution in [0.3, 0.4) is 0 Å². The summed E-state index contributed by atoms with van der Waals surface area (Å²) in [7, 11) is 1.92. The second kappa shape index (κ2) is 9.98. The van der Waals surface area contributed by atoms with E-state index in [0.29, 0.717) is 24.6 Å². The molecule has 0 bridgehead atoms. The summed E-state index contributed by atoms with van der Waals surface area (Å²) < 4.78 is 20.8. The van der Waals surface area contributed by atoms with Gasteiger partial charge in [-0.3, -0.25) is 10.1 Å². The first-order valence-electron chi connectivity index (χ1n) is 7.26. The van der Waals surface area contributed by atoms with E-state index in [1.54, 1.807) is 18.2 Å². The molecule has 1 aromatic rings. The highest BCUT2D eigenvalue weighted by Gasteiger charge is 2.36. The van der Waals surface area contributed by atoms with Crippen LogP contribution in [0.25, 0.3) is 0 Å². The van der Waals surface area contributed by atoms with Crippen LogP contribution >= 0.6 is 0 Å². The summed E-state index contributed by atoms with van der Waals surface area (Å²) >= 11 is 0. The molecular weight excluding hydrogens is 336 g/mol. The summed E-state index contributed by atoms with van der Waals surface area (Å²) in [6.07, 6.45) is -0.0600. The van der Waals surface area contributed by atoms with Gasteiger partial charge >= 0.3 is 14.9 Å². The molecule has 0 saturated heterocycles. The van der Waals surface area contributed by atoms with Crippen molar-refractivity contribution in [3.8, 4) is 0 Å². The number of benzene rings is 1. The van der Waals surface area contributed by atoms with E-state index in [1.807, 2.05) is 0 Å². The second-order valence-corrected chi connectivity index (χ2v) is 7.88. The van der Waals surface area contributed by atoms with Crippen molar-refractivity contribution in [2.75, 3.05) is 27.9 Å². The quantitative estimate of drug-likeness (QED) is 0.295. The van der Waals surface area contributed by atoms with Crippen molar-refractivity contribution in [3.05, 3.63) is 39.9 Å². The van der Waals surface area contributed by atoms with Crippen LogP contribution in [0.2, 0.25) is 6.04 Å². The van der Waals surface area contributed by atoms with Gasteiger partial charge in [0.1, 0.15) is 6.61 Å². The van der Waals surface area contributed by atoms with Crippen molar-refractivity contribution >= 4 is 20.6 Å². The van der Waals surface area contributed by atoms with Gasteiger partial charge in [0.2, 0.25) is 0 Å². The summed E-state index contributed by atoms with van der Waals surface area (Å²) in [4.78, 5) is 22.0. The first kappa shape index (κ1) is 20.0. The molecule has 0 heterocycles. The molecule has 0 aliphatic heterocycles. The monoisotopic (exact) mass is 358 g/mol. The number of alkyl carbamates (subject to hydrolysis) is 1. The molecule has 1 rings (SSSR count). The number of nitrogens with one attached hydrogen (secondary N) is 1. The fourth-order valence-corrected chi connectivity index (χ4v) is 3.78. The maximum Gasteiger partial charge on any atom is 0.500 e. The molecule has 0 atom stereocenters. The van der Waals surface area contributed by atoms with Crippen molar-refractivity contribution < 1.29 is 27.7 Å². The Kier molecular flexibility index (Phi) is 8.33. The van der Waals surface area contributed by atoms with Crippen LogP contribution in [-0.2, 0) is 24.6 Å². The summed E-state index contributed by atoms with van der Waals surface area (Å²) in [5.74, 6) is 0. The molecule has 1 N–H and O–H groups in total. The summed E-state index contributed by atoms with van der Waals surface area (Å²) in [5.41, 5.74) is 0.253. The molecule has 0 aliphatic carbocycles. The number of hydrogen-bond donors (Lipinski definition) is 1. The van der Waals surface area contributed by atoms with Crippen LogP contribution in [0.1, 0.15) is 12.0 Å². The number of carbonyl (C=O) groups excluding carboxylic acids is 1. The maximum absolute atomic E-state index is 11.6. The van der Waals surface area contributed by atoms with E-state index in [4.69, 9.17) is 18.0 Å². The third kappa shape index (κ3) is 5.89. The SMILES string of the molecule is CO[Si](CCCNC(=O)OCc1ccccc1[N+](=O)[O-])(OC)OC. The van der Waals surface area contributed by atoms with Crippen LogP contribution in [0.15, 0.2) is 24.3 Å². The van der Waals surface area contributed by atoms with E-state index in [2.05, 4.69) is 5.32 Å². The molecule has 0 fully saturated rings. The van der Waals surface area contributed by atoms with Crippen molar-refractivity contribution in [1.82, 2.24) is 5.32 Å². The predicted octanol–water partition coefficient (Wildman–Crippen LogP) is 2.09. The summed E-state index contributed by atoms with van der Waals surface area (Å²) in [6, 6.07) is 6.65. The Morgan fingerprint density at radius 3 is 2.42 bits per heavy atom. The molecule has 1 amide bonds. The number of carbonyl (C=O) groups is 1. The molecule has 1 aromatic carbocycles. The first-order valence-corrected chi connectivity index (χ1v) is 9.19. The fourth-order valence-electron chi connectivity index (χ4n) is 2.06. The Labute approximate surface area is 141 Å². The molecule has 0 aromatic heterocycles. The van der Waals surface area contributed by atoms with E-state index in [0.717, 1.165) is 0 Å². The molecule has 9 nitrogen and oxygen atoms in total. The van der Waals surface area contributed by atoms with Crippen LogP contribution in [0.4, 0.5) is 10.5 Å². The predicted molar refractivity (Wildman–Crippen MR) is 87.5 cm³/mol. The lowest BCUT2D eigenvalue weighted by Crippen LogP contribution is -2.43. The van der Waals surface area contributed by atoms with Gasteiger partial charge in [0, 0.05) is 40.0 Å². The molecule has 0 saturated carbocycles. The third-order valence-corrected chi connectivity index (χ3v) is 6.24. The minimum atomic E-state index is -2.65. The van der Waals surface area contributed by atoms with Crippen molar-refractivity contribution in [3.63, 3.8) is 0 Å². The average Bonchev–Trinajstić information content (AvgIpc) is 2.61. The highest BCUT2D eigenvalue weighted by Crippen LogP contribution is 2.18. The second-order valence-electron chi connectivity index (χ2n) is 4.79. The van der Waals surface area contributed by atoms with Gasteiger partial charge in [-0.25, -0.2) is 4.79 Å². The third-order valence-electron chi connectivity index (χ3n) is 3.41. The van der Waals surface area contributed by atoms with Gasteiger partial charge in [0.15, 0.2) is 0 Å². The van der Waals surface area contributed by atoms with Gasteiger partial charge in [-0.1, -0.05) is 12.1 Å². The Morgan fingerprint density at radius 1 is 1.21 bits per heavy atom. The van der Waals surface area contributed by atoms with Crippen molar-refractivity contribution in [1.29, 1.82) is 0 Å². The number of para-hydroxylation sites is 1. The molecule has 10 heteroatoms. The minimum Gasteiger partial charge on any atom is -0.444 e. The number of nitro benzene ring substituents is 1. The van der Waals surface area contributed by atoms with Crippen molar-refractivity contribution in [2.45, 2.75) is 19.1 Å². The Balaban J connectivity index is 2.37. The zero-order valence-electron chi connectivity index (χ0n) is 13.9. The molecule has 0 aliphatic rings. The molecule has 134 valence electrons. The van der Waals surface area contributed by atoms with E-state index in [9.17, 15) is 14.9 Å². The maximum atomic E-state index is 11.6. The van der Waals surface area contributed by atoms with Gasteiger partial charge in [0.05, 0.1) is 10.5 Å². The van der Waals surface area contributed by atoms with E-state index >= 15 is 0 Å². The zero-order chi connectivity index (χ0) is 18.0. The molecule has 0 radical (unpaired) electrons. The van der Waals surface area contributed by atoms with E-state index < -0.39 is 19.8 Å². The lowest BCUT2D eigenvalue weighted by atomic mass is 10.2. The van der Waals surface area contributed by atoms with Crippen molar-refractivity contribution in [2.24, 2.45) is 0 Å². The lowest BCUT2D eigenvalue weighted by Gasteiger charge is -2.24. The Hall–Kier alpha value is -2.01. The standard InChI is InChI=1S/C14H22N2O7Si/c1-20-24(21-2,22-3)10-6-9-15-14(17)23-11-12-7-4-5-8-13(12)16(18)19/h4-5,7-8H,6,9-11H2,1-3H3,(H,15,17). The average molecular weight is 358 g/mol. The minimum absolute atomic E-state index is 0.0821. The van der Waals surface area contributed by atoms with Gasteiger partial charge in [-0.2, -0.15) is 0 Å². The number of hydrogen-bond acceptors (Lipinski definition) is 7. The number of rotatable bonds is 10. The smallest absolute Gasteiger partial charge is 0.444 e. The van der Waals surface area contributed by atoms with Crippen LogP contribution in [0, 0.1) is 10.1 Å². The Morgan fingerprint density at radius 2 is 1.83 bits per heavy atom. The Bertz CT molecular complexity index is 543. The van der Waals surface area contributed by atoms with Gasteiger partial charge in [0.25, 0.3) is 5.69 Å². The van der Waals surface area contributed by atoms with Crippen LogP contribution in [-0.4, -0.2) is 47.7 Å². The van der Waals surface area contributed by atoms with Gasteiger partial charge in [-0.05, 0) is 12.5 Å². The number of ether oxygens (including phenoxy) is 1. The molecular formula is C14H22N2O7Si. The van der Waals surface area contributed by atoms with Crippen LogP contribution < -0.4 is 5.32 Å². The van der Waals surface area contributed by atoms with Gasteiger partial charge in [-0.15, -0.1) is 0 Å². The highest BCUT2D eigenvalue weighted by molar-refractivity contribution is 6.60. The molecule has 0 unspecified atom stereocenters. The summed E-state index contributed by atoms with van der Waals surface area (Å²) in [5, 5.41) is 13.4. The van der Waals surface area contributed by atoms with E-state index in [1.165, 1.54) is 27.4 Å². The topological polar surface area (TPSA) is 109 Å². The van der Waals surface area contributed by atoms with Crippen LogP contribution in [0.5, 0.6) is 0 Å².